The number of aliphatic hydroxyl groups is 1. The maximum atomic E-state index is 12.8. The molecule has 4 unspecified atom stereocenters. The van der Waals surface area contributed by atoms with E-state index in [1.54, 1.807) is 23.9 Å². The van der Waals surface area contributed by atoms with Gasteiger partial charge in [-0.25, -0.2) is 14.4 Å². The molecule has 2 amide bonds. The van der Waals surface area contributed by atoms with E-state index in [1.165, 1.54) is 7.11 Å². The molecule has 278 valence electrons. The maximum Gasteiger partial charge on any atom is 0.335 e. The predicted octanol–water partition coefficient (Wildman–Crippen LogP) is 7.47. The number of thioether (sulfide) groups is 1. The van der Waals surface area contributed by atoms with Crippen LogP contribution < -0.4 is 10.6 Å². The van der Waals surface area contributed by atoms with Crippen molar-refractivity contribution < 1.29 is 38.8 Å². The molecule has 10 nitrogen and oxygen atoms in total. The van der Waals surface area contributed by atoms with Crippen molar-refractivity contribution in [2.75, 3.05) is 12.9 Å². The Labute approximate surface area is 318 Å². The minimum absolute atomic E-state index is 0.0365. The number of nitrogens with one attached hydrogen (secondary N) is 2. The van der Waals surface area contributed by atoms with Gasteiger partial charge in [0.05, 0.1) is 31.5 Å². The second-order valence-corrected chi connectivity index (χ2v) is 14.0. The molecule has 5 aromatic rings. The van der Waals surface area contributed by atoms with Gasteiger partial charge in [0.15, 0.2) is 6.29 Å². The van der Waals surface area contributed by atoms with E-state index in [9.17, 15) is 24.6 Å². The summed E-state index contributed by atoms with van der Waals surface area (Å²) in [6.45, 7) is 0.218. The molecule has 54 heavy (non-hydrogen) atoms. The van der Waals surface area contributed by atoms with Crippen molar-refractivity contribution in [3.63, 3.8) is 0 Å². The summed E-state index contributed by atoms with van der Waals surface area (Å²) in [5, 5.41) is 24.4. The lowest BCUT2D eigenvalue weighted by Crippen LogP contribution is -2.47. The zero-order valence-electron chi connectivity index (χ0n) is 29.7. The van der Waals surface area contributed by atoms with Gasteiger partial charge < -0.3 is 35.1 Å². The molecule has 1 fully saturated rings. The Morgan fingerprint density at radius 3 is 2.19 bits per heavy atom. The molecule has 4 atom stereocenters. The van der Waals surface area contributed by atoms with Crippen LogP contribution in [0.15, 0.2) is 132 Å². The Balaban J connectivity index is 1.10. The van der Waals surface area contributed by atoms with Crippen LogP contribution in [0.1, 0.15) is 57.0 Å². The van der Waals surface area contributed by atoms with Crippen molar-refractivity contribution in [1.29, 1.82) is 0 Å². The second kappa shape index (κ2) is 18.5. The Kier molecular flexibility index (Phi) is 13.1. The molecule has 0 aliphatic carbocycles. The molecule has 0 aromatic heterocycles. The number of rotatable bonds is 14. The lowest BCUT2D eigenvalue weighted by Gasteiger charge is -2.36. The molecule has 6 rings (SSSR count). The summed E-state index contributed by atoms with van der Waals surface area (Å²) in [7, 11) is 1.30. The maximum absolute atomic E-state index is 12.8. The number of amides is 2. The van der Waals surface area contributed by atoms with Gasteiger partial charge in [-0.1, -0.05) is 97.1 Å². The number of carbonyl (C=O) groups excluding carboxylic acids is 2. The normalized spacial score (nSPS) is 17.3. The van der Waals surface area contributed by atoms with E-state index in [0.717, 1.165) is 43.8 Å². The fraction of sp³-hybridized carbons (Fsp3) is 0.233. The molecule has 0 bridgehead atoms. The Morgan fingerprint density at radius 2 is 1.50 bits per heavy atom. The van der Waals surface area contributed by atoms with Gasteiger partial charge in [0, 0.05) is 35.6 Å². The van der Waals surface area contributed by atoms with Crippen molar-refractivity contribution in [2.45, 2.75) is 55.4 Å². The lowest BCUT2D eigenvalue weighted by molar-refractivity contribution is -0.245. The summed E-state index contributed by atoms with van der Waals surface area (Å²) in [5.74, 6) is -0.834. The first-order valence-corrected chi connectivity index (χ1v) is 18.6. The van der Waals surface area contributed by atoms with Crippen LogP contribution in [-0.2, 0) is 38.6 Å². The van der Waals surface area contributed by atoms with Crippen molar-refractivity contribution >= 4 is 29.7 Å². The lowest BCUT2D eigenvalue weighted by atomic mass is 9.99. The van der Waals surface area contributed by atoms with Gasteiger partial charge in [0.2, 0.25) is 0 Å². The first-order chi connectivity index (χ1) is 26.3. The quantitative estimate of drug-likeness (QED) is 0.0673. The molecule has 1 aliphatic heterocycles. The molecular weight excluding hydrogens is 705 g/mol. The largest absolute Gasteiger partial charge is 0.478 e. The Hall–Kier alpha value is -5.46. The van der Waals surface area contributed by atoms with Crippen LogP contribution in [0, 0.1) is 0 Å². The average molecular weight is 747 g/mol. The number of aliphatic hydroxyl groups excluding tert-OH is 1. The number of aromatic carboxylic acids is 1. The summed E-state index contributed by atoms with van der Waals surface area (Å²) >= 11 is 1.60. The van der Waals surface area contributed by atoms with E-state index in [2.05, 4.69) is 10.6 Å². The molecule has 11 heteroatoms. The third-order valence-electron chi connectivity index (χ3n) is 9.12. The van der Waals surface area contributed by atoms with E-state index < -0.39 is 30.3 Å². The fourth-order valence-corrected chi connectivity index (χ4v) is 7.10. The van der Waals surface area contributed by atoms with Crippen LogP contribution in [-0.4, -0.2) is 53.2 Å². The highest BCUT2D eigenvalue weighted by atomic mass is 32.2. The van der Waals surface area contributed by atoms with E-state index >= 15 is 0 Å². The van der Waals surface area contributed by atoms with Gasteiger partial charge in [-0.3, -0.25) is 0 Å². The molecule has 5 aromatic carbocycles. The minimum Gasteiger partial charge on any atom is -0.478 e. The number of carboxylic acids is 1. The van der Waals surface area contributed by atoms with E-state index in [1.807, 2.05) is 115 Å². The zero-order valence-corrected chi connectivity index (χ0v) is 30.5. The SMILES string of the molecule is COC(=O)C(Cc1ccccc1)NC(=O)NCc1cccc(-c2ccc(C3OC(CSc4ccc(C(=O)O)cc4)CC(c4ccc(CO)cc4)O3)cc2)c1. The topological polar surface area (TPSA) is 143 Å². The first-order valence-electron chi connectivity index (χ1n) is 17.6. The number of esters is 1. The zero-order chi connectivity index (χ0) is 37.9. The third kappa shape index (κ3) is 10.4. The highest BCUT2D eigenvalue weighted by molar-refractivity contribution is 7.99. The molecule has 4 N–H and O–H groups in total. The van der Waals surface area contributed by atoms with Crippen LogP contribution in [0.5, 0.6) is 0 Å². The van der Waals surface area contributed by atoms with Gasteiger partial charge in [-0.15, -0.1) is 11.8 Å². The molecule has 0 saturated carbocycles. The molecular formula is C43H42N2O8S. The smallest absolute Gasteiger partial charge is 0.335 e. The van der Waals surface area contributed by atoms with Gasteiger partial charge in [-0.2, -0.15) is 0 Å². The van der Waals surface area contributed by atoms with Crippen LogP contribution >= 0.6 is 11.8 Å². The highest BCUT2D eigenvalue weighted by Gasteiger charge is 2.32. The first kappa shape index (κ1) is 38.3. The number of benzene rings is 5. The minimum atomic E-state index is -0.959. The molecule has 1 heterocycles. The monoisotopic (exact) mass is 746 g/mol. The van der Waals surface area contributed by atoms with Crippen molar-refractivity contribution in [3.8, 4) is 11.1 Å². The number of carbonyl (C=O) groups is 3. The number of hydrogen-bond acceptors (Lipinski definition) is 8. The van der Waals surface area contributed by atoms with Gasteiger partial charge in [-0.05, 0) is 63.7 Å². The summed E-state index contributed by atoms with van der Waals surface area (Å²) in [6, 6.07) is 38.6. The van der Waals surface area contributed by atoms with Crippen molar-refractivity contribution in [1.82, 2.24) is 10.6 Å². The number of ether oxygens (including phenoxy) is 3. The van der Waals surface area contributed by atoms with Gasteiger partial charge in [0.25, 0.3) is 0 Å². The summed E-state index contributed by atoms with van der Waals surface area (Å²) in [5.41, 5.74) is 6.65. The van der Waals surface area contributed by atoms with Crippen molar-refractivity contribution in [2.24, 2.45) is 0 Å². The number of urea groups is 1. The molecule has 0 spiro atoms. The second-order valence-electron chi connectivity index (χ2n) is 12.9. The fourth-order valence-electron chi connectivity index (χ4n) is 6.18. The van der Waals surface area contributed by atoms with Crippen molar-refractivity contribution in [3.05, 3.63) is 161 Å². The van der Waals surface area contributed by atoms with Crippen LogP contribution in [0.3, 0.4) is 0 Å². The average Bonchev–Trinajstić information content (AvgIpc) is 3.22. The number of carboxylic acid groups (broad SMARTS) is 1. The number of hydrogen-bond donors (Lipinski definition) is 4. The number of methoxy groups -OCH3 is 1. The Bertz CT molecular complexity index is 2010. The van der Waals surface area contributed by atoms with E-state index in [0.29, 0.717) is 18.6 Å². The van der Waals surface area contributed by atoms with Crippen LogP contribution in [0.4, 0.5) is 4.79 Å². The highest BCUT2D eigenvalue weighted by Crippen LogP contribution is 2.40. The molecule has 1 aliphatic rings. The molecule has 1 saturated heterocycles. The predicted molar refractivity (Wildman–Crippen MR) is 206 cm³/mol. The molecule has 0 radical (unpaired) electrons. The Morgan fingerprint density at radius 1 is 0.796 bits per heavy atom. The third-order valence-corrected chi connectivity index (χ3v) is 10.3. The van der Waals surface area contributed by atoms with Gasteiger partial charge in [0.1, 0.15) is 6.04 Å². The van der Waals surface area contributed by atoms with E-state index in [-0.39, 0.29) is 30.9 Å². The van der Waals surface area contributed by atoms with E-state index in [4.69, 9.17) is 14.2 Å². The summed E-state index contributed by atoms with van der Waals surface area (Å²) in [4.78, 5) is 37.4. The van der Waals surface area contributed by atoms with Gasteiger partial charge >= 0.3 is 18.0 Å². The van der Waals surface area contributed by atoms with Crippen LogP contribution in [0.2, 0.25) is 0 Å². The van der Waals surface area contributed by atoms with Crippen LogP contribution in [0.25, 0.3) is 11.1 Å². The summed E-state index contributed by atoms with van der Waals surface area (Å²) in [6.07, 6.45) is -0.0782. The summed E-state index contributed by atoms with van der Waals surface area (Å²) < 4.78 is 17.9. The standard InChI is InChI=1S/C43H42N2O8S/c1-51-41(49)38(23-28-6-3-2-4-7-28)45-43(50)44-25-30-8-5-9-35(22-30)31-14-16-34(17-15-31)42-52-36(27-54-37-20-18-33(19-21-37)40(47)48)24-39(53-42)32-12-10-29(26-46)11-13-32/h2-22,36,38-39,42,46H,23-27H2,1H3,(H,47,48)(H2,44,45,50).